The summed E-state index contributed by atoms with van der Waals surface area (Å²) >= 11 is 11.8. The third-order valence-corrected chi connectivity index (χ3v) is 5.21. The highest BCUT2D eigenvalue weighted by molar-refractivity contribution is 9.10. The Hall–Kier alpha value is -1.35. The van der Waals surface area contributed by atoms with Crippen molar-refractivity contribution < 1.29 is 9.21 Å². The standard InChI is InChI=1S/C14H9BrClN3O2S2/c15-8-1-3-9(4-2-8)17-12(20)7-22-14-19-18-13(21-14)10-5-6-11(16)23-10/h1-6H,7H2,(H,17,20). The molecule has 0 bridgehead atoms. The molecule has 0 aliphatic rings. The molecule has 1 amide bonds. The smallest absolute Gasteiger partial charge is 0.277 e. The van der Waals surface area contributed by atoms with E-state index >= 15 is 0 Å². The number of thiophene rings is 1. The Morgan fingerprint density at radius 2 is 2.04 bits per heavy atom. The Balaban J connectivity index is 1.55. The van der Waals surface area contributed by atoms with Gasteiger partial charge in [0, 0.05) is 10.2 Å². The molecule has 0 aliphatic heterocycles. The molecule has 0 unspecified atom stereocenters. The molecule has 3 aromatic rings. The van der Waals surface area contributed by atoms with Gasteiger partial charge in [-0.15, -0.1) is 21.5 Å². The largest absolute Gasteiger partial charge is 0.410 e. The molecule has 0 fully saturated rings. The van der Waals surface area contributed by atoms with Crippen LogP contribution in [0.5, 0.6) is 0 Å². The van der Waals surface area contributed by atoms with E-state index in [-0.39, 0.29) is 11.7 Å². The van der Waals surface area contributed by atoms with Crippen molar-refractivity contribution in [2.24, 2.45) is 0 Å². The van der Waals surface area contributed by atoms with Crippen molar-refractivity contribution in [3.05, 3.63) is 45.2 Å². The number of carbonyl (C=O) groups is 1. The van der Waals surface area contributed by atoms with Crippen LogP contribution in [0.2, 0.25) is 4.34 Å². The zero-order chi connectivity index (χ0) is 16.2. The molecule has 9 heteroatoms. The van der Waals surface area contributed by atoms with E-state index < -0.39 is 0 Å². The zero-order valence-electron chi connectivity index (χ0n) is 11.5. The third kappa shape index (κ3) is 4.57. The van der Waals surface area contributed by atoms with Gasteiger partial charge in [0.1, 0.15) is 0 Å². The summed E-state index contributed by atoms with van der Waals surface area (Å²) in [4.78, 5) is 12.7. The molecule has 3 rings (SSSR count). The fourth-order valence-electron chi connectivity index (χ4n) is 1.65. The lowest BCUT2D eigenvalue weighted by atomic mass is 10.3. The maximum absolute atomic E-state index is 11.9. The fraction of sp³-hybridized carbons (Fsp3) is 0.0714. The van der Waals surface area contributed by atoms with Crippen molar-refractivity contribution in [3.8, 4) is 10.8 Å². The number of carbonyl (C=O) groups excluding carboxylic acids is 1. The van der Waals surface area contributed by atoms with E-state index in [1.165, 1.54) is 23.1 Å². The summed E-state index contributed by atoms with van der Waals surface area (Å²) in [6.45, 7) is 0. The molecule has 1 aromatic carbocycles. The van der Waals surface area contributed by atoms with Gasteiger partial charge in [0.2, 0.25) is 5.91 Å². The number of aromatic nitrogens is 2. The van der Waals surface area contributed by atoms with Crippen LogP contribution in [0.4, 0.5) is 5.69 Å². The average Bonchev–Trinajstić information content (AvgIpc) is 3.16. The van der Waals surface area contributed by atoms with Gasteiger partial charge in [-0.1, -0.05) is 39.3 Å². The minimum atomic E-state index is -0.142. The topological polar surface area (TPSA) is 68.0 Å². The predicted molar refractivity (Wildman–Crippen MR) is 96.1 cm³/mol. The summed E-state index contributed by atoms with van der Waals surface area (Å²) < 4.78 is 7.12. The molecule has 2 heterocycles. The summed E-state index contributed by atoms with van der Waals surface area (Å²) in [6.07, 6.45) is 0. The van der Waals surface area contributed by atoms with E-state index in [2.05, 4.69) is 31.4 Å². The molecule has 0 aliphatic carbocycles. The fourth-order valence-corrected chi connectivity index (χ4v) is 3.45. The number of thioether (sulfide) groups is 1. The lowest BCUT2D eigenvalue weighted by molar-refractivity contribution is -0.113. The van der Waals surface area contributed by atoms with E-state index in [1.54, 1.807) is 6.07 Å². The van der Waals surface area contributed by atoms with Crippen LogP contribution in [-0.4, -0.2) is 21.9 Å². The van der Waals surface area contributed by atoms with Gasteiger partial charge >= 0.3 is 0 Å². The van der Waals surface area contributed by atoms with Crippen LogP contribution in [0.1, 0.15) is 0 Å². The maximum Gasteiger partial charge on any atom is 0.277 e. The number of anilines is 1. The summed E-state index contributed by atoms with van der Waals surface area (Å²) in [5, 5.41) is 11.0. The summed E-state index contributed by atoms with van der Waals surface area (Å²) in [6, 6.07) is 10.9. The van der Waals surface area contributed by atoms with Crippen molar-refractivity contribution in [1.82, 2.24) is 10.2 Å². The lowest BCUT2D eigenvalue weighted by Gasteiger charge is -2.03. The molecule has 0 saturated heterocycles. The lowest BCUT2D eigenvalue weighted by Crippen LogP contribution is -2.13. The summed E-state index contributed by atoms with van der Waals surface area (Å²) in [5.74, 6) is 0.442. The van der Waals surface area contributed by atoms with Crippen molar-refractivity contribution in [2.45, 2.75) is 5.22 Å². The second kappa shape index (κ2) is 7.48. The normalized spacial score (nSPS) is 10.7. The van der Waals surface area contributed by atoms with E-state index in [9.17, 15) is 4.79 Å². The Morgan fingerprint density at radius 1 is 1.26 bits per heavy atom. The monoisotopic (exact) mass is 429 g/mol. The van der Waals surface area contributed by atoms with Gasteiger partial charge in [-0.3, -0.25) is 4.79 Å². The van der Waals surface area contributed by atoms with Gasteiger partial charge in [-0.2, -0.15) is 0 Å². The van der Waals surface area contributed by atoms with Gasteiger partial charge in [0.15, 0.2) is 0 Å². The molecule has 5 nitrogen and oxygen atoms in total. The number of hydrogen-bond acceptors (Lipinski definition) is 6. The number of nitrogens with zero attached hydrogens (tertiary/aromatic N) is 2. The predicted octanol–water partition coefficient (Wildman–Crippen LogP) is 4.94. The molecule has 0 atom stereocenters. The van der Waals surface area contributed by atoms with Gasteiger partial charge in [0.05, 0.1) is 15.0 Å². The van der Waals surface area contributed by atoms with Gasteiger partial charge in [0.25, 0.3) is 11.1 Å². The highest BCUT2D eigenvalue weighted by Crippen LogP contribution is 2.31. The second-order valence-electron chi connectivity index (χ2n) is 4.32. The van der Waals surface area contributed by atoms with E-state index in [4.69, 9.17) is 16.0 Å². The first-order chi connectivity index (χ1) is 11.1. The first kappa shape index (κ1) is 16.5. The van der Waals surface area contributed by atoms with Crippen molar-refractivity contribution in [3.63, 3.8) is 0 Å². The molecular weight excluding hydrogens is 422 g/mol. The number of halogens is 2. The number of nitrogens with one attached hydrogen (secondary N) is 1. The molecule has 0 radical (unpaired) electrons. The highest BCUT2D eigenvalue weighted by Gasteiger charge is 2.12. The van der Waals surface area contributed by atoms with Gasteiger partial charge < -0.3 is 9.73 Å². The quantitative estimate of drug-likeness (QED) is 0.580. The minimum Gasteiger partial charge on any atom is -0.410 e. The number of amides is 1. The molecule has 0 saturated carbocycles. The Morgan fingerprint density at radius 3 is 2.74 bits per heavy atom. The Kier molecular flexibility index (Phi) is 5.37. The van der Waals surface area contributed by atoms with Gasteiger partial charge in [-0.05, 0) is 36.4 Å². The maximum atomic E-state index is 11.9. The highest BCUT2D eigenvalue weighted by atomic mass is 79.9. The number of benzene rings is 1. The summed E-state index contributed by atoms with van der Waals surface area (Å²) in [7, 11) is 0. The van der Waals surface area contributed by atoms with Crippen LogP contribution in [-0.2, 0) is 4.79 Å². The van der Waals surface area contributed by atoms with Crippen molar-refractivity contribution in [2.75, 3.05) is 11.1 Å². The molecule has 1 N–H and O–H groups in total. The molecule has 2 aromatic heterocycles. The second-order valence-corrected chi connectivity index (χ2v) is 7.88. The first-order valence-electron chi connectivity index (χ1n) is 6.37. The number of rotatable bonds is 5. The zero-order valence-corrected chi connectivity index (χ0v) is 15.4. The number of hydrogen-bond donors (Lipinski definition) is 1. The molecule has 118 valence electrons. The Labute approximate surface area is 153 Å². The van der Waals surface area contributed by atoms with Crippen LogP contribution in [0.15, 0.2) is 50.5 Å². The van der Waals surface area contributed by atoms with E-state index in [1.807, 2.05) is 30.3 Å². The van der Waals surface area contributed by atoms with E-state index in [0.717, 1.165) is 15.0 Å². The van der Waals surface area contributed by atoms with Crippen LogP contribution >= 0.6 is 50.6 Å². The van der Waals surface area contributed by atoms with Crippen molar-refractivity contribution >= 4 is 62.2 Å². The minimum absolute atomic E-state index is 0.142. The summed E-state index contributed by atoms with van der Waals surface area (Å²) in [5.41, 5.74) is 0.734. The average molecular weight is 431 g/mol. The van der Waals surface area contributed by atoms with Crippen LogP contribution < -0.4 is 5.32 Å². The van der Waals surface area contributed by atoms with Crippen LogP contribution in [0.25, 0.3) is 10.8 Å². The molecule has 0 spiro atoms. The molecule has 23 heavy (non-hydrogen) atoms. The molecular formula is C14H9BrClN3O2S2. The van der Waals surface area contributed by atoms with Crippen molar-refractivity contribution in [1.29, 1.82) is 0 Å². The third-order valence-electron chi connectivity index (χ3n) is 2.65. The SMILES string of the molecule is O=C(CSc1nnc(-c2ccc(Cl)s2)o1)Nc1ccc(Br)cc1. The Bertz CT molecular complexity index is 820. The first-order valence-corrected chi connectivity index (χ1v) is 9.35. The van der Waals surface area contributed by atoms with E-state index in [0.29, 0.717) is 15.4 Å². The van der Waals surface area contributed by atoms with Crippen LogP contribution in [0, 0.1) is 0 Å². The van der Waals surface area contributed by atoms with Crippen LogP contribution in [0.3, 0.4) is 0 Å². The van der Waals surface area contributed by atoms with Gasteiger partial charge in [-0.25, -0.2) is 0 Å².